The van der Waals surface area contributed by atoms with Crippen molar-refractivity contribution in [3.8, 4) is 11.4 Å². The summed E-state index contributed by atoms with van der Waals surface area (Å²) in [6.07, 6.45) is 4.07. The topological polar surface area (TPSA) is 62.5 Å². The average molecular weight is 417 g/mol. The molecule has 0 unspecified atom stereocenters. The smallest absolute Gasteiger partial charge is 0.255 e. The number of aromatic nitrogens is 2. The highest BCUT2D eigenvalue weighted by Crippen LogP contribution is 2.31. The molecule has 0 atom stereocenters. The highest BCUT2D eigenvalue weighted by atomic mass is 16.5. The van der Waals surface area contributed by atoms with Crippen LogP contribution in [0.5, 0.6) is 0 Å². The molecule has 1 amide bonds. The fraction of sp³-hybridized carbons (Fsp3) is 0.400. The van der Waals surface area contributed by atoms with Crippen molar-refractivity contribution < 1.29 is 9.32 Å². The maximum absolute atomic E-state index is 13.4. The van der Waals surface area contributed by atoms with Crippen molar-refractivity contribution >= 4 is 11.6 Å². The number of aryl methyl sites for hydroxylation is 1. The van der Waals surface area contributed by atoms with Gasteiger partial charge in [-0.05, 0) is 44.7 Å². The fourth-order valence-corrected chi connectivity index (χ4v) is 4.66. The lowest BCUT2D eigenvalue weighted by molar-refractivity contribution is 0.0705. The number of hydrogen-bond donors (Lipinski definition) is 0. The number of hydrogen-bond acceptors (Lipinski definition) is 5. The van der Waals surface area contributed by atoms with E-state index in [9.17, 15) is 4.79 Å². The predicted octanol–water partition coefficient (Wildman–Crippen LogP) is 4.67. The largest absolute Gasteiger partial charge is 0.371 e. The summed E-state index contributed by atoms with van der Waals surface area (Å²) in [5.41, 5.74) is 4.00. The van der Waals surface area contributed by atoms with Crippen molar-refractivity contribution in [1.29, 1.82) is 0 Å². The van der Waals surface area contributed by atoms with Crippen LogP contribution in [0.3, 0.4) is 0 Å². The van der Waals surface area contributed by atoms with Crippen molar-refractivity contribution in [1.82, 2.24) is 15.0 Å². The van der Waals surface area contributed by atoms with Crippen molar-refractivity contribution in [2.45, 2.75) is 38.5 Å². The Bertz CT molecular complexity index is 1050. The minimum absolute atomic E-state index is 0.138. The first-order valence-electron chi connectivity index (χ1n) is 11.2. The molecule has 2 fully saturated rings. The van der Waals surface area contributed by atoms with E-state index in [1.54, 1.807) is 0 Å². The zero-order chi connectivity index (χ0) is 21.2. The number of piperidine rings is 1. The van der Waals surface area contributed by atoms with E-state index in [0.717, 1.165) is 48.3 Å². The maximum atomic E-state index is 13.4. The third kappa shape index (κ3) is 4.07. The van der Waals surface area contributed by atoms with Gasteiger partial charge in [0.1, 0.15) is 0 Å². The van der Waals surface area contributed by atoms with Gasteiger partial charge in [-0.1, -0.05) is 47.1 Å². The van der Waals surface area contributed by atoms with Gasteiger partial charge >= 0.3 is 0 Å². The van der Waals surface area contributed by atoms with Crippen LogP contribution < -0.4 is 4.90 Å². The fourth-order valence-electron chi connectivity index (χ4n) is 4.66. The normalized spacial score (nSPS) is 17.3. The molecular formula is C25H28N4O2. The maximum Gasteiger partial charge on any atom is 0.255 e. The Morgan fingerprint density at radius 1 is 1.00 bits per heavy atom. The van der Waals surface area contributed by atoms with Gasteiger partial charge in [-0.3, -0.25) is 4.79 Å². The first-order valence-corrected chi connectivity index (χ1v) is 11.2. The molecule has 1 aromatic heterocycles. The first-order chi connectivity index (χ1) is 15.2. The summed E-state index contributed by atoms with van der Waals surface area (Å²) in [6, 6.07) is 16.1. The third-order valence-corrected chi connectivity index (χ3v) is 6.43. The van der Waals surface area contributed by atoms with Crippen LogP contribution in [0.25, 0.3) is 11.4 Å². The zero-order valence-corrected chi connectivity index (χ0v) is 18.0. The van der Waals surface area contributed by atoms with Gasteiger partial charge < -0.3 is 14.3 Å². The van der Waals surface area contributed by atoms with Crippen molar-refractivity contribution in [3.05, 3.63) is 65.5 Å². The first kappa shape index (κ1) is 19.8. The van der Waals surface area contributed by atoms with E-state index in [1.807, 2.05) is 41.3 Å². The van der Waals surface area contributed by atoms with Gasteiger partial charge in [-0.15, -0.1) is 0 Å². The van der Waals surface area contributed by atoms with E-state index < -0.39 is 0 Å². The van der Waals surface area contributed by atoms with Crippen LogP contribution in [0.1, 0.15) is 53.4 Å². The second kappa shape index (κ2) is 8.53. The highest BCUT2D eigenvalue weighted by molar-refractivity contribution is 6.00. The van der Waals surface area contributed by atoms with Crippen LogP contribution in [0, 0.1) is 6.92 Å². The van der Waals surface area contributed by atoms with E-state index in [1.165, 1.54) is 12.8 Å². The number of carbonyl (C=O) groups is 1. The molecule has 0 bridgehead atoms. The van der Waals surface area contributed by atoms with Gasteiger partial charge in [0, 0.05) is 43.3 Å². The molecule has 31 heavy (non-hydrogen) atoms. The molecule has 6 heteroatoms. The second-order valence-corrected chi connectivity index (χ2v) is 8.60. The number of amides is 1. The lowest BCUT2D eigenvalue weighted by atomic mass is 9.95. The summed E-state index contributed by atoms with van der Waals surface area (Å²) in [4.78, 5) is 22.4. The number of benzene rings is 2. The summed E-state index contributed by atoms with van der Waals surface area (Å²) in [5.74, 6) is 1.65. The lowest BCUT2D eigenvalue weighted by Crippen LogP contribution is -2.38. The lowest BCUT2D eigenvalue weighted by Gasteiger charge is -2.32. The minimum atomic E-state index is 0.138. The zero-order valence-electron chi connectivity index (χ0n) is 18.0. The monoisotopic (exact) mass is 416 g/mol. The summed E-state index contributed by atoms with van der Waals surface area (Å²) in [5, 5.41) is 4.16. The van der Waals surface area contributed by atoms with Crippen molar-refractivity contribution in [2.24, 2.45) is 0 Å². The number of anilines is 1. The molecule has 5 rings (SSSR count). The summed E-state index contributed by atoms with van der Waals surface area (Å²) < 4.78 is 5.57. The van der Waals surface area contributed by atoms with E-state index in [2.05, 4.69) is 34.1 Å². The Hall–Kier alpha value is -3.15. The molecular weight excluding hydrogens is 388 g/mol. The van der Waals surface area contributed by atoms with E-state index in [0.29, 0.717) is 24.8 Å². The predicted molar refractivity (Wildman–Crippen MR) is 120 cm³/mol. The van der Waals surface area contributed by atoms with Gasteiger partial charge in [-0.25, -0.2) is 0 Å². The molecule has 2 aliphatic rings. The minimum Gasteiger partial charge on any atom is -0.371 e. The average Bonchev–Trinajstić information content (AvgIpc) is 3.52. The standard InChI is InChI=1S/C25H28N4O2/c1-18-9-10-22(28-13-5-6-14-28)21(17-18)25(30)29-15-11-20(12-16-29)24-26-23(27-31-24)19-7-3-2-4-8-19/h2-4,7-10,17,20H,5-6,11-16H2,1H3. The molecule has 0 spiro atoms. The summed E-state index contributed by atoms with van der Waals surface area (Å²) in [7, 11) is 0. The second-order valence-electron chi connectivity index (χ2n) is 8.60. The van der Waals surface area contributed by atoms with Gasteiger partial charge in [0.2, 0.25) is 11.7 Å². The Labute approximate surface area is 182 Å². The molecule has 3 heterocycles. The summed E-state index contributed by atoms with van der Waals surface area (Å²) in [6.45, 7) is 5.54. The van der Waals surface area contributed by atoms with Crippen LogP contribution >= 0.6 is 0 Å². The Balaban J connectivity index is 1.28. The van der Waals surface area contributed by atoms with Crippen LogP contribution in [-0.4, -0.2) is 47.1 Å². The van der Waals surface area contributed by atoms with Gasteiger partial charge in [0.05, 0.1) is 5.56 Å². The Morgan fingerprint density at radius 3 is 2.48 bits per heavy atom. The number of rotatable bonds is 4. The molecule has 2 aromatic carbocycles. The number of nitrogens with zero attached hydrogens (tertiary/aromatic N) is 4. The van der Waals surface area contributed by atoms with Gasteiger partial charge in [0.15, 0.2) is 0 Å². The highest BCUT2D eigenvalue weighted by Gasteiger charge is 2.30. The van der Waals surface area contributed by atoms with Crippen LogP contribution in [0.15, 0.2) is 53.1 Å². The van der Waals surface area contributed by atoms with Gasteiger partial charge in [-0.2, -0.15) is 4.98 Å². The van der Waals surface area contributed by atoms with Crippen molar-refractivity contribution in [3.63, 3.8) is 0 Å². The molecule has 6 nitrogen and oxygen atoms in total. The number of carbonyl (C=O) groups excluding carboxylic acids is 1. The van der Waals surface area contributed by atoms with Crippen molar-refractivity contribution in [2.75, 3.05) is 31.1 Å². The molecule has 2 saturated heterocycles. The quantitative estimate of drug-likeness (QED) is 0.619. The van der Waals surface area contributed by atoms with Crippen LogP contribution in [0.2, 0.25) is 0 Å². The molecule has 0 N–H and O–H groups in total. The molecule has 3 aromatic rings. The molecule has 2 aliphatic heterocycles. The van der Waals surface area contributed by atoms with Crippen LogP contribution in [-0.2, 0) is 0 Å². The van der Waals surface area contributed by atoms with E-state index in [4.69, 9.17) is 4.52 Å². The SMILES string of the molecule is Cc1ccc(N2CCCC2)c(C(=O)N2CCC(c3nc(-c4ccccc4)no3)CC2)c1. The number of likely N-dealkylation sites (tertiary alicyclic amines) is 1. The van der Waals surface area contributed by atoms with Gasteiger partial charge in [0.25, 0.3) is 5.91 Å². The van der Waals surface area contributed by atoms with Crippen LogP contribution in [0.4, 0.5) is 5.69 Å². The molecule has 0 saturated carbocycles. The Morgan fingerprint density at radius 2 is 1.74 bits per heavy atom. The van der Waals surface area contributed by atoms with E-state index in [-0.39, 0.29) is 11.8 Å². The molecule has 0 aliphatic carbocycles. The third-order valence-electron chi connectivity index (χ3n) is 6.43. The Kier molecular flexibility index (Phi) is 5.45. The molecule has 160 valence electrons. The molecule has 0 radical (unpaired) electrons. The summed E-state index contributed by atoms with van der Waals surface area (Å²) >= 11 is 0. The van der Waals surface area contributed by atoms with E-state index >= 15 is 0 Å².